The highest BCUT2D eigenvalue weighted by molar-refractivity contribution is 5.99. The van der Waals surface area contributed by atoms with Gasteiger partial charge in [-0.05, 0) is 28.8 Å². The molecule has 1 N–H and O–H groups in total. The summed E-state index contributed by atoms with van der Waals surface area (Å²) in [5, 5.41) is 2.39. The van der Waals surface area contributed by atoms with Gasteiger partial charge in [0, 0.05) is 23.1 Å². The van der Waals surface area contributed by atoms with E-state index in [1.807, 2.05) is 0 Å². The predicted octanol–water partition coefficient (Wildman–Crippen LogP) is 4.56. The summed E-state index contributed by atoms with van der Waals surface area (Å²) in [5.74, 6) is -5.62. The predicted molar refractivity (Wildman–Crippen MR) is 133 cm³/mol. The van der Waals surface area contributed by atoms with Crippen LogP contribution in [0, 0.1) is 0 Å². The van der Waals surface area contributed by atoms with Crippen molar-refractivity contribution >= 4 is 17.8 Å². The molecule has 3 aromatic rings. The number of amides is 2. The number of nitrogens with zero attached hydrogens (tertiary/aromatic N) is 1. The maximum Gasteiger partial charge on any atom is 0.329 e. The summed E-state index contributed by atoms with van der Waals surface area (Å²) in [6.07, 6.45) is -0.574. The quantitative estimate of drug-likeness (QED) is 0.352. The smallest absolute Gasteiger partial charge is 0.329 e. The van der Waals surface area contributed by atoms with Crippen LogP contribution < -0.4 is 5.32 Å². The third-order valence-electron chi connectivity index (χ3n) is 7.02. The Bertz CT molecular complexity index is 1430. The third-order valence-corrected chi connectivity index (χ3v) is 7.02. The molecule has 1 aliphatic heterocycles. The number of rotatable bonds is 7. The van der Waals surface area contributed by atoms with Gasteiger partial charge in [-0.25, -0.2) is 13.6 Å². The number of hydrogen-bond donors (Lipinski definition) is 1. The van der Waals surface area contributed by atoms with Gasteiger partial charge in [-0.1, -0.05) is 60.7 Å². The molecule has 1 aliphatic carbocycles. The molecule has 5 rings (SSSR count). The lowest BCUT2D eigenvalue weighted by Crippen LogP contribution is -2.46. The van der Waals surface area contributed by atoms with E-state index < -0.39 is 61.6 Å². The first-order valence-corrected chi connectivity index (χ1v) is 12.3. The van der Waals surface area contributed by atoms with Gasteiger partial charge in [0.25, 0.3) is 11.8 Å². The van der Waals surface area contributed by atoms with E-state index in [2.05, 4.69) is 5.32 Å². The number of halogens is 4. The summed E-state index contributed by atoms with van der Waals surface area (Å²) < 4.78 is 63.1. The lowest BCUT2D eigenvalue weighted by atomic mass is 10.0. The van der Waals surface area contributed by atoms with E-state index >= 15 is 0 Å². The van der Waals surface area contributed by atoms with Gasteiger partial charge in [0.05, 0.1) is 13.1 Å². The number of alkyl halides is 4. The molecule has 2 atom stereocenters. The fourth-order valence-corrected chi connectivity index (χ4v) is 5.01. The first-order chi connectivity index (χ1) is 18.6. The normalized spacial score (nSPS) is 20.7. The fourth-order valence-electron chi connectivity index (χ4n) is 5.01. The van der Waals surface area contributed by atoms with Crippen molar-refractivity contribution in [2.24, 2.45) is 0 Å². The molecule has 2 amide bonds. The highest BCUT2D eigenvalue weighted by Crippen LogP contribution is 2.50. The molecule has 0 radical (unpaired) electrons. The van der Waals surface area contributed by atoms with Crippen LogP contribution in [0.2, 0.25) is 0 Å². The molecule has 6 nitrogen and oxygen atoms in total. The summed E-state index contributed by atoms with van der Waals surface area (Å²) in [7, 11) is 0. The Morgan fingerprint density at radius 3 is 2.36 bits per heavy atom. The van der Waals surface area contributed by atoms with Crippen LogP contribution in [0.5, 0.6) is 0 Å². The summed E-state index contributed by atoms with van der Waals surface area (Å²) in [6, 6.07) is 17.1. The van der Waals surface area contributed by atoms with Gasteiger partial charge < -0.3 is 15.0 Å². The molecule has 39 heavy (non-hydrogen) atoms. The zero-order chi connectivity index (χ0) is 27.8. The minimum atomic E-state index is -3.20. The van der Waals surface area contributed by atoms with Gasteiger partial charge in [0.15, 0.2) is 5.67 Å². The number of ether oxygens (including phenoxy) is 1. The maximum absolute atomic E-state index is 14.9. The van der Waals surface area contributed by atoms with Gasteiger partial charge in [-0.15, -0.1) is 0 Å². The zero-order valence-electron chi connectivity index (χ0n) is 20.6. The number of esters is 1. The Morgan fingerprint density at radius 1 is 0.923 bits per heavy atom. The average Bonchev–Trinajstić information content (AvgIpc) is 3.43. The Kier molecular flexibility index (Phi) is 6.88. The zero-order valence-corrected chi connectivity index (χ0v) is 20.6. The van der Waals surface area contributed by atoms with Crippen molar-refractivity contribution in [3.8, 4) is 11.1 Å². The first-order valence-electron chi connectivity index (χ1n) is 12.3. The number of benzene rings is 3. The molecule has 10 heteroatoms. The Labute approximate surface area is 221 Å². The maximum atomic E-state index is 14.9. The van der Waals surface area contributed by atoms with Crippen LogP contribution in [0.4, 0.5) is 17.6 Å². The largest absolute Gasteiger partial charge is 0.459 e. The van der Waals surface area contributed by atoms with Crippen LogP contribution in [-0.4, -0.2) is 54.2 Å². The summed E-state index contributed by atoms with van der Waals surface area (Å²) >= 11 is 0. The second-order valence-electron chi connectivity index (χ2n) is 9.68. The van der Waals surface area contributed by atoms with Crippen molar-refractivity contribution in [1.82, 2.24) is 10.2 Å². The van der Waals surface area contributed by atoms with Crippen molar-refractivity contribution in [3.05, 3.63) is 95.1 Å². The van der Waals surface area contributed by atoms with Gasteiger partial charge >= 0.3 is 5.97 Å². The van der Waals surface area contributed by atoms with E-state index in [4.69, 9.17) is 4.74 Å². The standard InChI is InChI=1S/C29H24F4N2O4/c30-16-28(31)13-24(27(38)39-15-18-6-2-1-3-7-18)35(17-28)25(36)14-34-26(37)19-10-11-23-21(12-19)20-8-4-5-9-22(20)29(23,32)33/h1-12,24H,13-17H2,(H,34,37)/t24-,28-/m0/s1. The highest BCUT2D eigenvalue weighted by atomic mass is 19.3. The molecule has 0 unspecified atom stereocenters. The van der Waals surface area contributed by atoms with Crippen LogP contribution in [0.15, 0.2) is 72.8 Å². The van der Waals surface area contributed by atoms with Crippen molar-refractivity contribution in [2.75, 3.05) is 19.8 Å². The van der Waals surface area contributed by atoms with Crippen LogP contribution in [0.25, 0.3) is 11.1 Å². The molecule has 202 valence electrons. The van der Waals surface area contributed by atoms with Gasteiger partial charge in [0.2, 0.25) is 5.91 Å². The SMILES string of the molecule is O=C(NCC(=O)N1C[C@@](F)(CF)C[C@H]1C(=O)OCc1ccccc1)c1ccc2c(c1)-c1ccccc1C2(F)F. The first kappa shape index (κ1) is 26.4. The summed E-state index contributed by atoms with van der Waals surface area (Å²) in [6.45, 7) is -2.79. The molecule has 1 fully saturated rings. The molecule has 0 bridgehead atoms. The van der Waals surface area contributed by atoms with E-state index in [1.165, 1.54) is 30.3 Å². The minimum Gasteiger partial charge on any atom is -0.459 e. The van der Waals surface area contributed by atoms with Crippen molar-refractivity contribution in [2.45, 2.75) is 30.7 Å². The van der Waals surface area contributed by atoms with E-state index in [9.17, 15) is 31.9 Å². The molecular weight excluding hydrogens is 516 g/mol. The lowest BCUT2D eigenvalue weighted by Gasteiger charge is -2.23. The fraction of sp³-hybridized carbons (Fsp3) is 0.276. The number of carbonyl (C=O) groups excluding carboxylic acids is 3. The molecule has 0 saturated carbocycles. The van der Waals surface area contributed by atoms with Crippen molar-refractivity contribution in [3.63, 3.8) is 0 Å². The van der Waals surface area contributed by atoms with Crippen LogP contribution in [0.1, 0.15) is 33.5 Å². The van der Waals surface area contributed by atoms with E-state index in [0.29, 0.717) is 11.1 Å². The van der Waals surface area contributed by atoms with Crippen molar-refractivity contribution in [1.29, 1.82) is 0 Å². The van der Waals surface area contributed by atoms with Crippen LogP contribution in [0.3, 0.4) is 0 Å². The molecule has 1 heterocycles. The number of fused-ring (bicyclic) bond motifs is 3. The van der Waals surface area contributed by atoms with E-state index in [0.717, 1.165) is 4.90 Å². The van der Waals surface area contributed by atoms with Crippen molar-refractivity contribution < 1.29 is 36.7 Å². The second-order valence-corrected chi connectivity index (χ2v) is 9.68. The topological polar surface area (TPSA) is 75.7 Å². The van der Waals surface area contributed by atoms with Crippen LogP contribution >= 0.6 is 0 Å². The third kappa shape index (κ3) is 4.98. The lowest BCUT2D eigenvalue weighted by molar-refractivity contribution is -0.154. The molecule has 0 aromatic heterocycles. The molecule has 2 aliphatic rings. The van der Waals surface area contributed by atoms with Gasteiger partial charge in [-0.3, -0.25) is 9.59 Å². The Balaban J connectivity index is 1.26. The molecule has 0 spiro atoms. The second kappa shape index (κ2) is 10.2. The summed E-state index contributed by atoms with van der Waals surface area (Å²) in [4.78, 5) is 39.3. The molecular formula is C29H24F4N2O4. The van der Waals surface area contributed by atoms with Gasteiger partial charge in [0.1, 0.15) is 19.3 Å². The van der Waals surface area contributed by atoms with Crippen LogP contribution in [-0.2, 0) is 26.9 Å². The summed E-state index contributed by atoms with van der Waals surface area (Å²) in [5.41, 5.74) is -1.57. The Morgan fingerprint density at radius 2 is 1.62 bits per heavy atom. The molecule has 1 saturated heterocycles. The minimum absolute atomic E-state index is 0.0397. The molecule has 3 aromatic carbocycles. The average molecular weight is 541 g/mol. The Hall–Kier alpha value is -4.21. The van der Waals surface area contributed by atoms with E-state index in [-0.39, 0.29) is 28.9 Å². The number of carbonyl (C=O) groups is 3. The van der Waals surface area contributed by atoms with Gasteiger partial charge in [-0.2, -0.15) is 8.78 Å². The number of likely N-dealkylation sites (tertiary alicyclic amines) is 1. The van der Waals surface area contributed by atoms with E-state index in [1.54, 1.807) is 42.5 Å². The highest BCUT2D eigenvalue weighted by Gasteiger charge is 2.50. The monoisotopic (exact) mass is 540 g/mol. The number of nitrogens with one attached hydrogen (secondary N) is 1. The number of hydrogen-bond acceptors (Lipinski definition) is 4.